The number of nitrogens with one attached hydrogen (secondary N) is 2. The van der Waals surface area contributed by atoms with Gasteiger partial charge >= 0.3 is 0 Å². The first kappa shape index (κ1) is 16.0. The molecule has 0 radical (unpaired) electrons. The molecule has 1 aliphatic rings. The lowest BCUT2D eigenvalue weighted by atomic mass is 9.99. The van der Waals surface area contributed by atoms with Crippen LogP contribution in [-0.2, 0) is 6.54 Å². The van der Waals surface area contributed by atoms with Gasteiger partial charge in [-0.2, -0.15) is 5.10 Å². The zero-order chi connectivity index (χ0) is 17.6. The van der Waals surface area contributed by atoms with Gasteiger partial charge in [-0.15, -0.1) is 0 Å². The molecule has 128 valence electrons. The van der Waals surface area contributed by atoms with Gasteiger partial charge in [0.2, 0.25) is 0 Å². The Hall–Kier alpha value is -2.47. The molecule has 1 fully saturated rings. The van der Waals surface area contributed by atoms with Crippen molar-refractivity contribution >= 4 is 28.4 Å². The molecule has 1 amide bonds. The highest BCUT2D eigenvalue weighted by Crippen LogP contribution is 2.43. The van der Waals surface area contributed by atoms with E-state index in [9.17, 15) is 13.6 Å². The number of H-pyrrole nitrogens is 1. The van der Waals surface area contributed by atoms with Gasteiger partial charge in [-0.25, -0.2) is 8.78 Å². The fourth-order valence-electron chi connectivity index (χ4n) is 3.02. The lowest BCUT2D eigenvalue weighted by molar-refractivity contribution is 0.0950. The van der Waals surface area contributed by atoms with Gasteiger partial charge in [-0.05, 0) is 48.1 Å². The van der Waals surface area contributed by atoms with Gasteiger partial charge in [-0.3, -0.25) is 9.89 Å². The fourth-order valence-corrected chi connectivity index (χ4v) is 3.23. The lowest BCUT2D eigenvalue weighted by Crippen LogP contribution is -2.23. The summed E-state index contributed by atoms with van der Waals surface area (Å²) in [4.78, 5) is 12.3. The Bertz CT molecular complexity index is 959. The summed E-state index contributed by atoms with van der Waals surface area (Å²) in [6.45, 7) is 0.276. The van der Waals surface area contributed by atoms with E-state index in [1.807, 2.05) is 12.1 Å². The SMILES string of the molecule is O=C(NCc1c(C2CC2)ccc2[nH]ncc12)c1cc(F)c(F)c(Cl)c1. The van der Waals surface area contributed by atoms with Crippen molar-refractivity contribution in [2.75, 3.05) is 0 Å². The van der Waals surface area contributed by atoms with E-state index in [0.29, 0.717) is 5.92 Å². The molecule has 0 saturated heterocycles. The highest BCUT2D eigenvalue weighted by molar-refractivity contribution is 6.31. The maximum absolute atomic E-state index is 13.5. The number of aromatic amines is 1. The van der Waals surface area contributed by atoms with Crippen LogP contribution in [0.2, 0.25) is 5.02 Å². The Labute approximate surface area is 147 Å². The first-order valence-electron chi connectivity index (χ1n) is 7.92. The average molecular weight is 362 g/mol. The van der Waals surface area contributed by atoms with E-state index in [2.05, 4.69) is 15.5 Å². The number of hydrogen-bond acceptors (Lipinski definition) is 2. The van der Waals surface area contributed by atoms with Crippen LogP contribution in [0.1, 0.15) is 40.2 Å². The molecule has 0 unspecified atom stereocenters. The second-order valence-corrected chi connectivity index (χ2v) is 6.58. The first-order valence-corrected chi connectivity index (χ1v) is 8.30. The standard InChI is InChI=1S/C18H14ClF2N3O/c19-14-5-10(6-15(20)17(14)21)18(25)22-7-12-11(9-1-2-9)3-4-16-13(12)8-23-24-16/h3-6,8-9H,1-2,7H2,(H,22,25)(H,23,24). The smallest absolute Gasteiger partial charge is 0.251 e. The molecule has 1 heterocycles. The molecule has 2 N–H and O–H groups in total. The monoisotopic (exact) mass is 361 g/mol. The maximum Gasteiger partial charge on any atom is 0.251 e. The van der Waals surface area contributed by atoms with Crippen LogP contribution < -0.4 is 5.32 Å². The summed E-state index contributed by atoms with van der Waals surface area (Å²) < 4.78 is 26.7. The number of fused-ring (bicyclic) bond motifs is 1. The quantitative estimate of drug-likeness (QED) is 0.681. The molecule has 4 rings (SSSR count). The van der Waals surface area contributed by atoms with Crippen molar-refractivity contribution in [1.29, 1.82) is 0 Å². The molecule has 1 aliphatic carbocycles. The van der Waals surface area contributed by atoms with Gasteiger partial charge in [0.15, 0.2) is 11.6 Å². The normalized spacial score (nSPS) is 14.0. The lowest BCUT2D eigenvalue weighted by Gasteiger charge is -2.12. The number of rotatable bonds is 4. The topological polar surface area (TPSA) is 57.8 Å². The third-order valence-electron chi connectivity index (χ3n) is 4.46. The minimum absolute atomic E-state index is 0.0174. The van der Waals surface area contributed by atoms with Crippen molar-refractivity contribution in [3.63, 3.8) is 0 Å². The summed E-state index contributed by atoms with van der Waals surface area (Å²) in [6, 6.07) is 6.00. The summed E-state index contributed by atoms with van der Waals surface area (Å²) >= 11 is 5.61. The average Bonchev–Trinajstić information content (AvgIpc) is 3.33. The molecule has 0 atom stereocenters. The molecule has 1 aromatic heterocycles. The molecule has 3 aromatic rings. The number of benzene rings is 2. The van der Waals surface area contributed by atoms with E-state index in [-0.39, 0.29) is 12.1 Å². The van der Waals surface area contributed by atoms with E-state index in [1.54, 1.807) is 6.20 Å². The summed E-state index contributed by atoms with van der Waals surface area (Å²) in [7, 11) is 0. The Balaban J connectivity index is 1.61. The molecule has 25 heavy (non-hydrogen) atoms. The number of carbonyl (C=O) groups excluding carboxylic acids is 1. The minimum atomic E-state index is -1.16. The van der Waals surface area contributed by atoms with Gasteiger partial charge < -0.3 is 5.32 Å². The van der Waals surface area contributed by atoms with Crippen molar-refractivity contribution in [3.8, 4) is 0 Å². The van der Waals surface area contributed by atoms with E-state index in [0.717, 1.165) is 41.4 Å². The van der Waals surface area contributed by atoms with Crippen LogP contribution in [0, 0.1) is 11.6 Å². The van der Waals surface area contributed by atoms with Crippen LogP contribution in [0.15, 0.2) is 30.5 Å². The fraction of sp³-hybridized carbons (Fsp3) is 0.222. The van der Waals surface area contributed by atoms with E-state index >= 15 is 0 Å². The van der Waals surface area contributed by atoms with Gasteiger partial charge in [0.25, 0.3) is 5.91 Å². The Morgan fingerprint density at radius 2 is 2.12 bits per heavy atom. The third kappa shape index (κ3) is 2.98. The second-order valence-electron chi connectivity index (χ2n) is 6.18. The number of nitrogens with zero attached hydrogens (tertiary/aromatic N) is 1. The second kappa shape index (κ2) is 6.11. The molecule has 1 saturated carbocycles. The highest BCUT2D eigenvalue weighted by atomic mass is 35.5. The summed E-state index contributed by atoms with van der Waals surface area (Å²) in [5.74, 6) is -2.31. The molecule has 7 heteroatoms. The van der Waals surface area contributed by atoms with Crippen molar-refractivity contribution in [2.24, 2.45) is 0 Å². The van der Waals surface area contributed by atoms with E-state index in [4.69, 9.17) is 11.6 Å². The third-order valence-corrected chi connectivity index (χ3v) is 4.74. The van der Waals surface area contributed by atoms with Crippen molar-refractivity contribution in [2.45, 2.75) is 25.3 Å². The van der Waals surface area contributed by atoms with E-state index < -0.39 is 22.6 Å². The first-order chi connectivity index (χ1) is 12.0. The molecule has 4 nitrogen and oxygen atoms in total. The minimum Gasteiger partial charge on any atom is -0.348 e. The summed E-state index contributed by atoms with van der Waals surface area (Å²) in [5.41, 5.74) is 3.06. The zero-order valence-electron chi connectivity index (χ0n) is 13.1. The van der Waals surface area contributed by atoms with Crippen LogP contribution >= 0.6 is 11.6 Å². The summed E-state index contributed by atoms with van der Waals surface area (Å²) in [5, 5.41) is 10.3. The van der Waals surface area contributed by atoms with Gasteiger partial charge in [0.05, 0.1) is 16.7 Å². The molecule has 0 aliphatic heterocycles. The number of halogens is 3. The van der Waals surface area contributed by atoms with Crippen molar-refractivity contribution in [3.05, 3.63) is 63.8 Å². The number of hydrogen-bond donors (Lipinski definition) is 2. The van der Waals surface area contributed by atoms with Gasteiger partial charge in [0, 0.05) is 17.5 Å². The van der Waals surface area contributed by atoms with Crippen LogP contribution in [0.25, 0.3) is 10.9 Å². The number of carbonyl (C=O) groups is 1. The predicted octanol–water partition coefficient (Wildman–Crippen LogP) is 4.30. The molecule has 0 spiro atoms. The molecule has 2 aromatic carbocycles. The predicted molar refractivity (Wildman–Crippen MR) is 90.6 cm³/mol. The Morgan fingerprint density at radius 1 is 1.32 bits per heavy atom. The van der Waals surface area contributed by atoms with Crippen molar-refractivity contribution < 1.29 is 13.6 Å². The summed E-state index contributed by atoms with van der Waals surface area (Å²) in [6.07, 6.45) is 3.99. The number of aromatic nitrogens is 2. The molecule has 0 bridgehead atoms. The van der Waals surface area contributed by atoms with Crippen LogP contribution in [0.5, 0.6) is 0 Å². The Kier molecular flexibility index (Phi) is 3.92. The Morgan fingerprint density at radius 3 is 2.84 bits per heavy atom. The number of amides is 1. The van der Waals surface area contributed by atoms with Gasteiger partial charge in [0.1, 0.15) is 0 Å². The van der Waals surface area contributed by atoms with Crippen LogP contribution in [0.4, 0.5) is 8.78 Å². The highest BCUT2D eigenvalue weighted by Gasteiger charge is 2.27. The largest absolute Gasteiger partial charge is 0.348 e. The maximum atomic E-state index is 13.5. The van der Waals surface area contributed by atoms with E-state index in [1.165, 1.54) is 5.56 Å². The molecular formula is C18H14ClF2N3O. The van der Waals surface area contributed by atoms with Crippen LogP contribution in [0.3, 0.4) is 0 Å². The zero-order valence-corrected chi connectivity index (χ0v) is 13.8. The molecular weight excluding hydrogens is 348 g/mol. The van der Waals surface area contributed by atoms with Crippen LogP contribution in [-0.4, -0.2) is 16.1 Å². The van der Waals surface area contributed by atoms with Crippen molar-refractivity contribution in [1.82, 2.24) is 15.5 Å². The van der Waals surface area contributed by atoms with Gasteiger partial charge in [-0.1, -0.05) is 17.7 Å².